The molecule has 1 heterocycles. The van der Waals surface area contributed by atoms with Crippen LogP contribution in [-0.2, 0) is 4.74 Å². The fraction of sp³-hybridized carbons (Fsp3) is 0.320. The molecule has 2 aromatic carbocycles. The fourth-order valence-corrected chi connectivity index (χ4v) is 3.48. The average Bonchev–Trinajstić information content (AvgIpc) is 2.72. The summed E-state index contributed by atoms with van der Waals surface area (Å²) in [6, 6.07) is 17.6. The number of aromatic nitrogens is 2. The van der Waals surface area contributed by atoms with Crippen LogP contribution in [0.1, 0.15) is 40.0 Å². The zero-order valence-corrected chi connectivity index (χ0v) is 18.7. The zero-order chi connectivity index (χ0) is 22.7. The first-order chi connectivity index (χ1) is 15.3. The molecule has 1 aliphatic rings. The molecule has 32 heavy (non-hydrogen) atoms. The van der Waals surface area contributed by atoms with Gasteiger partial charge in [-0.2, -0.15) is 0 Å². The number of anilines is 4. The summed E-state index contributed by atoms with van der Waals surface area (Å²) in [6.45, 7) is 5.64. The number of nitrogens with one attached hydrogen (secondary N) is 1. The van der Waals surface area contributed by atoms with Crippen LogP contribution >= 0.6 is 0 Å². The molecule has 4 rings (SSSR count). The molecule has 1 aromatic heterocycles. The van der Waals surface area contributed by atoms with Gasteiger partial charge in [0.05, 0.1) is 11.9 Å². The summed E-state index contributed by atoms with van der Waals surface area (Å²) in [7, 11) is 0. The number of carbonyl (C=O) groups excluding carboxylic acids is 1. The van der Waals surface area contributed by atoms with Crippen LogP contribution in [0.4, 0.5) is 27.7 Å². The molecule has 1 saturated carbocycles. The molecular weight excluding hydrogens is 402 g/mol. The number of rotatable bonds is 5. The molecule has 0 spiro atoms. The van der Waals surface area contributed by atoms with E-state index in [1.54, 1.807) is 11.1 Å². The lowest BCUT2D eigenvalue weighted by atomic mass is 9.91. The highest BCUT2D eigenvalue weighted by Gasteiger charge is 2.33. The molecular formula is C25H29N5O2. The molecule has 0 bridgehead atoms. The zero-order valence-electron chi connectivity index (χ0n) is 18.7. The first kappa shape index (κ1) is 21.6. The lowest BCUT2D eigenvalue weighted by Gasteiger charge is -2.38. The van der Waals surface area contributed by atoms with Gasteiger partial charge in [-0.15, -0.1) is 0 Å². The van der Waals surface area contributed by atoms with Gasteiger partial charge in [-0.25, -0.2) is 14.8 Å². The molecule has 0 saturated heterocycles. The van der Waals surface area contributed by atoms with Gasteiger partial charge in [0, 0.05) is 23.0 Å². The number of nitrogens with zero attached hydrogens (tertiary/aromatic N) is 3. The van der Waals surface area contributed by atoms with Gasteiger partial charge in [0.25, 0.3) is 0 Å². The molecule has 0 aliphatic heterocycles. The van der Waals surface area contributed by atoms with Crippen molar-refractivity contribution in [3.8, 4) is 11.4 Å². The van der Waals surface area contributed by atoms with Gasteiger partial charge in [0.1, 0.15) is 5.60 Å². The minimum atomic E-state index is -0.540. The first-order valence-electron chi connectivity index (χ1n) is 10.9. The molecule has 0 unspecified atom stereocenters. The van der Waals surface area contributed by atoms with E-state index in [1.807, 2.05) is 75.4 Å². The molecule has 1 aliphatic carbocycles. The molecule has 3 N–H and O–H groups in total. The van der Waals surface area contributed by atoms with Gasteiger partial charge in [-0.1, -0.05) is 30.3 Å². The summed E-state index contributed by atoms with van der Waals surface area (Å²) in [6.07, 6.45) is 4.39. The van der Waals surface area contributed by atoms with Crippen molar-refractivity contribution in [1.82, 2.24) is 9.97 Å². The molecule has 1 fully saturated rings. The molecule has 1 amide bonds. The van der Waals surface area contributed by atoms with E-state index < -0.39 is 5.60 Å². The lowest BCUT2D eigenvalue weighted by Crippen LogP contribution is -2.46. The van der Waals surface area contributed by atoms with Crippen LogP contribution < -0.4 is 16.0 Å². The van der Waals surface area contributed by atoms with Crippen molar-refractivity contribution in [3.05, 3.63) is 60.8 Å². The summed E-state index contributed by atoms with van der Waals surface area (Å²) in [4.78, 5) is 23.5. The molecule has 0 atom stereocenters. The Bertz CT molecular complexity index is 1070. The predicted octanol–water partition coefficient (Wildman–Crippen LogP) is 5.76. The quantitative estimate of drug-likeness (QED) is 0.533. The second kappa shape index (κ2) is 8.86. The average molecular weight is 432 g/mol. The Hall–Kier alpha value is -3.61. The second-order valence-corrected chi connectivity index (χ2v) is 8.97. The van der Waals surface area contributed by atoms with Gasteiger partial charge in [-0.3, -0.25) is 4.90 Å². The maximum atomic E-state index is 12.8. The summed E-state index contributed by atoms with van der Waals surface area (Å²) < 4.78 is 5.65. The number of hydrogen-bond donors (Lipinski definition) is 2. The minimum absolute atomic E-state index is 0.176. The smallest absolute Gasteiger partial charge is 0.415 e. The predicted molar refractivity (Wildman–Crippen MR) is 128 cm³/mol. The number of amides is 1. The van der Waals surface area contributed by atoms with E-state index >= 15 is 0 Å². The van der Waals surface area contributed by atoms with E-state index in [2.05, 4.69) is 15.3 Å². The van der Waals surface area contributed by atoms with E-state index in [4.69, 9.17) is 10.5 Å². The summed E-state index contributed by atoms with van der Waals surface area (Å²) >= 11 is 0. The molecule has 7 nitrogen and oxygen atoms in total. The highest BCUT2D eigenvalue weighted by molar-refractivity contribution is 5.89. The van der Waals surface area contributed by atoms with Crippen molar-refractivity contribution in [1.29, 1.82) is 0 Å². The van der Waals surface area contributed by atoms with Gasteiger partial charge in [0.15, 0.2) is 11.6 Å². The van der Waals surface area contributed by atoms with Gasteiger partial charge >= 0.3 is 6.09 Å². The van der Waals surface area contributed by atoms with E-state index in [1.165, 1.54) is 0 Å². The highest BCUT2D eigenvalue weighted by atomic mass is 16.6. The Morgan fingerprint density at radius 2 is 1.78 bits per heavy atom. The highest BCUT2D eigenvalue weighted by Crippen LogP contribution is 2.32. The molecule has 166 valence electrons. The number of nitrogen functional groups attached to an aromatic ring is 1. The van der Waals surface area contributed by atoms with E-state index in [0.717, 1.165) is 36.2 Å². The van der Waals surface area contributed by atoms with Crippen LogP contribution in [-0.4, -0.2) is 27.7 Å². The fourth-order valence-electron chi connectivity index (χ4n) is 3.48. The first-order valence-corrected chi connectivity index (χ1v) is 10.9. The number of nitrogens with two attached hydrogens (primary N) is 1. The summed E-state index contributed by atoms with van der Waals surface area (Å²) in [5.74, 6) is 1.13. The van der Waals surface area contributed by atoms with Crippen molar-refractivity contribution in [2.45, 2.75) is 51.7 Å². The van der Waals surface area contributed by atoms with Gasteiger partial charge < -0.3 is 15.8 Å². The molecule has 7 heteroatoms. The largest absolute Gasteiger partial charge is 0.443 e. The van der Waals surface area contributed by atoms with Crippen molar-refractivity contribution >= 4 is 29.0 Å². The topological polar surface area (TPSA) is 93.4 Å². The summed E-state index contributed by atoms with van der Waals surface area (Å²) in [5, 5.41) is 3.26. The van der Waals surface area contributed by atoms with Crippen LogP contribution in [0.15, 0.2) is 60.8 Å². The Morgan fingerprint density at radius 3 is 2.38 bits per heavy atom. The van der Waals surface area contributed by atoms with Crippen molar-refractivity contribution in [3.63, 3.8) is 0 Å². The third-order valence-electron chi connectivity index (χ3n) is 5.29. The maximum absolute atomic E-state index is 12.8. The van der Waals surface area contributed by atoms with E-state index in [0.29, 0.717) is 17.3 Å². The SMILES string of the molecule is CC(C)(C)OC(=O)N(c1ccc(Nc2nc(-c3ccccc3)ncc2N)cc1)C1CCC1. The Morgan fingerprint density at radius 1 is 1.09 bits per heavy atom. The Balaban J connectivity index is 1.54. The molecule has 0 radical (unpaired) electrons. The minimum Gasteiger partial charge on any atom is -0.443 e. The number of carbonyl (C=O) groups is 1. The van der Waals surface area contributed by atoms with E-state index in [9.17, 15) is 4.79 Å². The van der Waals surface area contributed by atoms with Crippen LogP contribution in [0.2, 0.25) is 0 Å². The van der Waals surface area contributed by atoms with Crippen molar-refractivity contribution in [2.24, 2.45) is 0 Å². The summed E-state index contributed by atoms with van der Waals surface area (Å²) in [5.41, 5.74) is 8.56. The second-order valence-electron chi connectivity index (χ2n) is 8.97. The van der Waals surface area contributed by atoms with Crippen LogP contribution in [0.3, 0.4) is 0 Å². The molecule has 3 aromatic rings. The number of benzene rings is 2. The van der Waals surface area contributed by atoms with Gasteiger partial charge in [0.2, 0.25) is 0 Å². The van der Waals surface area contributed by atoms with E-state index in [-0.39, 0.29) is 12.1 Å². The third-order valence-corrected chi connectivity index (χ3v) is 5.29. The van der Waals surface area contributed by atoms with Crippen molar-refractivity contribution < 1.29 is 9.53 Å². The Kier molecular flexibility index (Phi) is 5.99. The number of ether oxygens (including phenoxy) is 1. The van der Waals surface area contributed by atoms with Crippen LogP contribution in [0, 0.1) is 0 Å². The monoisotopic (exact) mass is 431 g/mol. The Labute approximate surface area is 188 Å². The van der Waals surface area contributed by atoms with Crippen molar-refractivity contribution in [2.75, 3.05) is 16.0 Å². The van der Waals surface area contributed by atoms with Gasteiger partial charge in [-0.05, 0) is 64.3 Å². The third kappa shape index (κ3) is 4.99. The van der Waals surface area contributed by atoms with Crippen LogP contribution in [0.5, 0.6) is 0 Å². The van der Waals surface area contributed by atoms with Crippen LogP contribution in [0.25, 0.3) is 11.4 Å². The maximum Gasteiger partial charge on any atom is 0.415 e. The lowest BCUT2D eigenvalue weighted by molar-refractivity contribution is 0.0549. The standard InChI is InChI=1S/C25H29N5O2/c1-25(2,3)32-24(31)30(19-10-7-11-19)20-14-12-18(13-15-20)28-23-21(26)16-27-22(29-23)17-8-5-4-6-9-17/h4-6,8-9,12-16,19H,7,10-11,26H2,1-3H3,(H,27,28,29). The number of hydrogen-bond acceptors (Lipinski definition) is 6. The normalized spacial score (nSPS) is 13.8.